The highest BCUT2D eigenvalue weighted by atomic mass is 127. The van der Waals surface area contributed by atoms with Crippen molar-refractivity contribution in [2.45, 2.75) is 39.2 Å². The summed E-state index contributed by atoms with van der Waals surface area (Å²) in [5.41, 5.74) is 0. The molecular formula is C21H35IN6O2S. The van der Waals surface area contributed by atoms with E-state index in [1.165, 1.54) is 4.88 Å². The maximum atomic E-state index is 5.86. The van der Waals surface area contributed by atoms with E-state index in [1.54, 1.807) is 11.3 Å². The summed E-state index contributed by atoms with van der Waals surface area (Å²) in [5, 5.41) is 17.3. The van der Waals surface area contributed by atoms with E-state index in [0.29, 0.717) is 12.5 Å². The van der Waals surface area contributed by atoms with Crippen LogP contribution in [0, 0.1) is 12.8 Å². The van der Waals surface area contributed by atoms with E-state index in [4.69, 9.17) is 14.5 Å². The van der Waals surface area contributed by atoms with Crippen LogP contribution in [0.2, 0.25) is 0 Å². The van der Waals surface area contributed by atoms with Gasteiger partial charge in [0, 0.05) is 51.4 Å². The lowest BCUT2D eigenvalue weighted by molar-refractivity contribution is 0.0203. The van der Waals surface area contributed by atoms with Crippen molar-refractivity contribution in [3.8, 4) is 0 Å². The fraction of sp³-hybridized carbons (Fsp3) is 0.667. The van der Waals surface area contributed by atoms with Crippen LogP contribution in [0.3, 0.4) is 0 Å². The van der Waals surface area contributed by atoms with E-state index in [9.17, 15) is 0 Å². The van der Waals surface area contributed by atoms with Crippen molar-refractivity contribution in [3.05, 3.63) is 34.0 Å². The molecule has 1 aliphatic rings. The third kappa shape index (κ3) is 9.42. The average Bonchev–Trinajstić information content (AvgIpc) is 3.39. The molecule has 0 radical (unpaired) electrons. The zero-order chi connectivity index (χ0) is 21.0. The number of aryl methyl sites for hydroxylation is 1. The number of nitrogens with zero attached hydrogens (tertiary/aromatic N) is 4. The monoisotopic (exact) mass is 562 g/mol. The number of thiophene rings is 1. The molecule has 0 unspecified atom stereocenters. The van der Waals surface area contributed by atoms with Crippen molar-refractivity contribution in [2.24, 2.45) is 18.0 Å². The summed E-state index contributed by atoms with van der Waals surface area (Å²) in [6.45, 7) is 7.44. The number of hydrogen-bond acceptors (Lipinski definition) is 6. The normalized spacial score (nSPS) is 15.0. The second-order valence-corrected chi connectivity index (χ2v) is 8.59. The zero-order valence-electron chi connectivity index (χ0n) is 18.5. The van der Waals surface area contributed by atoms with Gasteiger partial charge in [0.2, 0.25) is 0 Å². The number of aromatic nitrogens is 3. The summed E-state index contributed by atoms with van der Waals surface area (Å²) >= 11 is 1.78. The number of rotatable bonds is 11. The van der Waals surface area contributed by atoms with Crippen molar-refractivity contribution in [1.82, 2.24) is 25.4 Å². The summed E-state index contributed by atoms with van der Waals surface area (Å²) in [4.78, 5) is 6.07. The van der Waals surface area contributed by atoms with Gasteiger partial charge in [-0.3, -0.25) is 0 Å². The maximum Gasteiger partial charge on any atom is 0.191 e. The Morgan fingerprint density at radius 2 is 2.10 bits per heavy atom. The molecule has 8 nitrogen and oxygen atoms in total. The Kier molecular flexibility index (Phi) is 12.4. The Balaban J connectivity index is 0.00000341. The Morgan fingerprint density at radius 3 is 2.81 bits per heavy atom. The van der Waals surface area contributed by atoms with Crippen LogP contribution in [0.25, 0.3) is 0 Å². The van der Waals surface area contributed by atoms with Gasteiger partial charge in [-0.25, -0.2) is 4.99 Å². The van der Waals surface area contributed by atoms with E-state index in [1.807, 2.05) is 18.5 Å². The van der Waals surface area contributed by atoms with E-state index < -0.39 is 0 Å². The van der Waals surface area contributed by atoms with Gasteiger partial charge in [0.1, 0.15) is 12.4 Å². The molecule has 0 bridgehead atoms. The van der Waals surface area contributed by atoms with E-state index >= 15 is 0 Å². The summed E-state index contributed by atoms with van der Waals surface area (Å²) in [7, 11) is 1.97. The van der Waals surface area contributed by atoms with Gasteiger partial charge in [-0.1, -0.05) is 6.07 Å². The van der Waals surface area contributed by atoms with Gasteiger partial charge in [0.05, 0.1) is 0 Å². The highest BCUT2D eigenvalue weighted by Gasteiger charge is 2.13. The number of guanidine groups is 1. The third-order valence-electron chi connectivity index (χ3n) is 5.26. The van der Waals surface area contributed by atoms with Crippen LogP contribution in [0.5, 0.6) is 0 Å². The molecule has 2 aromatic heterocycles. The Hall–Kier alpha value is -1.24. The van der Waals surface area contributed by atoms with Gasteiger partial charge in [-0.2, -0.15) is 0 Å². The van der Waals surface area contributed by atoms with Crippen LogP contribution in [0.4, 0.5) is 0 Å². The van der Waals surface area contributed by atoms with Gasteiger partial charge in [-0.15, -0.1) is 45.5 Å². The molecule has 31 heavy (non-hydrogen) atoms. The molecule has 2 aromatic rings. The average molecular weight is 563 g/mol. The van der Waals surface area contributed by atoms with Crippen LogP contribution in [0.1, 0.15) is 35.8 Å². The molecule has 2 N–H and O–H groups in total. The van der Waals surface area contributed by atoms with Crippen LogP contribution >= 0.6 is 35.3 Å². The zero-order valence-corrected chi connectivity index (χ0v) is 21.7. The molecule has 3 heterocycles. The van der Waals surface area contributed by atoms with Gasteiger partial charge >= 0.3 is 0 Å². The predicted octanol–water partition coefficient (Wildman–Crippen LogP) is 2.91. The van der Waals surface area contributed by atoms with Crippen LogP contribution in [-0.2, 0) is 29.5 Å². The first-order valence-corrected chi connectivity index (χ1v) is 11.6. The van der Waals surface area contributed by atoms with Crippen molar-refractivity contribution in [1.29, 1.82) is 0 Å². The SMILES string of the molecule is Cc1nnc(CN=C(NCCCOCC2CCOCC2)NCCc2cccs2)n1C.I. The molecule has 10 heteroatoms. The third-order valence-corrected chi connectivity index (χ3v) is 6.19. The van der Waals surface area contributed by atoms with Gasteiger partial charge in [0.15, 0.2) is 11.8 Å². The van der Waals surface area contributed by atoms with Crippen molar-refractivity contribution >= 4 is 41.3 Å². The maximum absolute atomic E-state index is 5.86. The van der Waals surface area contributed by atoms with E-state index in [0.717, 1.165) is 82.8 Å². The van der Waals surface area contributed by atoms with Gasteiger partial charge < -0.3 is 24.7 Å². The Bertz CT molecular complexity index is 762. The van der Waals surface area contributed by atoms with Crippen LogP contribution in [0.15, 0.2) is 22.5 Å². The summed E-state index contributed by atoms with van der Waals surface area (Å²) in [6.07, 6.45) is 4.16. The largest absolute Gasteiger partial charge is 0.381 e. The molecule has 0 aliphatic carbocycles. The number of aliphatic imine (C=N–C) groups is 1. The molecule has 0 amide bonds. The molecule has 1 fully saturated rings. The molecule has 1 aliphatic heterocycles. The molecule has 174 valence electrons. The summed E-state index contributed by atoms with van der Waals surface area (Å²) < 4.78 is 13.2. The van der Waals surface area contributed by atoms with Gasteiger partial charge in [0.25, 0.3) is 0 Å². The Morgan fingerprint density at radius 1 is 1.29 bits per heavy atom. The minimum absolute atomic E-state index is 0. The van der Waals surface area contributed by atoms with E-state index in [2.05, 4.69) is 38.3 Å². The molecule has 3 rings (SSSR count). The lowest BCUT2D eigenvalue weighted by Crippen LogP contribution is -2.39. The van der Waals surface area contributed by atoms with Gasteiger partial charge in [-0.05, 0) is 50.0 Å². The number of hydrogen-bond donors (Lipinski definition) is 2. The molecule has 0 atom stereocenters. The van der Waals surface area contributed by atoms with E-state index in [-0.39, 0.29) is 24.0 Å². The number of ether oxygens (including phenoxy) is 2. The standard InChI is InChI=1S/C21H34N6O2S.HI/c1-17-25-26-20(27(17)2)15-24-21(23-10-6-19-5-3-14-30-19)22-9-4-11-29-16-18-7-12-28-13-8-18;/h3,5,14,18H,4,6-13,15-16H2,1-2H3,(H2,22,23,24);1H. The van der Waals surface area contributed by atoms with Crippen molar-refractivity contribution in [3.63, 3.8) is 0 Å². The van der Waals surface area contributed by atoms with Crippen molar-refractivity contribution < 1.29 is 9.47 Å². The summed E-state index contributed by atoms with van der Waals surface area (Å²) in [5.74, 6) is 3.20. The first-order chi connectivity index (χ1) is 14.7. The molecule has 0 spiro atoms. The second-order valence-electron chi connectivity index (χ2n) is 7.55. The minimum atomic E-state index is 0. The Labute approximate surface area is 206 Å². The lowest BCUT2D eigenvalue weighted by Gasteiger charge is -2.21. The molecule has 1 saturated heterocycles. The molecule has 0 aromatic carbocycles. The quantitative estimate of drug-likeness (QED) is 0.190. The topological polar surface area (TPSA) is 85.6 Å². The smallest absolute Gasteiger partial charge is 0.191 e. The van der Waals surface area contributed by atoms with Crippen LogP contribution < -0.4 is 10.6 Å². The number of nitrogens with one attached hydrogen (secondary N) is 2. The second kappa shape index (κ2) is 14.8. The predicted molar refractivity (Wildman–Crippen MR) is 135 cm³/mol. The fourth-order valence-corrected chi connectivity index (χ4v) is 3.92. The van der Waals surface area contributed by atoms with Crippen molar-refractivity contribution in [2.75, 3.05) is 39.5 Å². The minimum Gasteiger partial charge on any atom is -0.381 e. The number of halogens is 1. The highest BCUT2D eigenvalue weighted by molar-refractivity contribution is 14.0. The first-order valence-electron chi connectivity index (χ1n) is 10.8. The molecule has 0 saturated carbocycles. The fourth-order valence-electron chi connectivity index (χ4n) is 3.22. The first kappa shape index (κ1) is 26.0. The summed E-state index contributed by atoms with van der Waals surface area (Å²) in [6, 6.07) is 4.25. The molecular weight excluding hydrogens is 527 g/mol. The van der Waals surface area contributed by atoms with Crippen LogP contribution in [-0.4, -0.2) is 60.2 Å². The lowest BCUT2D eigenvalue weighted by atomic mass is 10.0. The highest BCUT2D eigenvalue weighted by Crippen LogP contribution is 2.14.